The zero-order valence-electron chi connectivity index (χ0n) is 15.7. The van der Waals surface area contributed by atoms with Gasteiger partial charge in [-0.2, -0.15) is 0 Å². The van der Waals surface area contributed by atoms with Crippen molar-refractivity contribution < 1.29 is 63.0 Å². The second-order valence-electron chi connectivity index (χ2n) is 6.73. The Hall–Kier alpha value is -3.07. The molecule has 0 heterocycles. The zero-order valence-corrected chi connectivity index (χ0v) is 17.7. The van der Waals surface area contributed by atoms with Crippen molar-refractivity contribution in [2.75, 3.05) is 0 Å². The summed E-state index contributed by atoms with van der Waals surface area (Å²) in [6.45, 7) is 0. The molecule has 8 heteroatoms. The van der Waals surface area contributed by atoms with Crippen molar-refractivity contribution in [2.45, 2.75) is 6.42 Å². The summed E-state index contributed by atoms with van der Waals surface area (Å²) < 4.78 is 0. The Morgan fingerprint density at radius 2 is 1.00 bits per heavy atom. The van der Waals surface area contributed by atoms with Crippen LogP contribution >= 0.6 is 0 Å². The Balaban J connectivity index is 0.00000171. The van der Waals surface area contributed by atoms with Crippen LogP contribution in [0.4, 0.5) is 0 Å². The maximum absolute atomic E-state index is 11.6. The largest absolute Gasteiger partial charge is 0.507 e. The smallest absolute Gasteiger partial charge is 0.339 e. The van der Waals surface area contributed by atoms with Crippen LogP contribution in [0.5, 0.6) is 11.5 Å². The van der Waals surface area contributed by atoms with Crippen LogP contribution in [0.25, 0.3) is 21.5 Å². The van der Waals surface area contributed by atoms with Gasteiger partial charge < -0.3 is 20.4 Å². The van der Waals surface area contributed by atoms with Gasteiger partial charge in [-0.15, -0.1) is 0 Å². The van der Waals surface area contributed by atoms with Gasteiger partial charge in [0.05, 0.1) is 0 Å². The minimum atomic E-state index is -1.28. The van der Waals surface area contributed by atoms with Crippen molar-refractivity contribution in [2.24, 2.45) is 0 Å². The molecule has 0 aliphatic heterocycles. The third-order valence-electron chi connectivity index (χ3n) is 5.07. The van der Waals surface area contributed by atoms with Crippen molar-refractivity contribution in [3.63, 3.8) is 0 Å². The van der Waals surface area contributed by atoms with Crippen LogP contribution < -0.4 is 0 Å². The van der Waals surface area contributed by atoms with Crippen LogP contribution in [0.3, 0.4) is 0 Å². The zero-order chi connectivity index (χ0) is 20.7. The fourth-order valence-corrected chi connectivity index (χ4v) is 3.68. The molecule has 0 aliphatic rings. The molecule has 0 saturated carbocycles. The molecular weight excluding hydrogens is 490 g/mol. The summed E-state index contributed by atoms with van der Waals surface area (Å²) in [7, 11) is 0. The van der Waals surface area contributed by atoms with Crippen LogP contribution in [0, 0.1) is 0 Å². The molecule has 4 rings (SSSR count). The molecule has 4 aromatic rings. The Morgan fingerprint density at radius 3 is 1.35 bits per heavy atom. The van der Waals surface area contributed by atoms with Crippen molar-refractivity contribution >= 4 is 33.5 Å². The summed E-state index contributed by atoms with van der Waals surface area (Å²) in [5.41, 5.74) is 0.112. The maximum atomic E-state index is 11.6. The standard InChI is InChI=1S/C23H16O6.2Ni/c24-20-16(14-7-3-1-5-12(14)9-18(20)22(26)27)11-17-15-8-4-2-6-13(15)10-19(21(17)25)23(28)29;;/h1-10,24-25H,11H2,(H,26,27)(H,28,29);;. The minimum absolute atomic E-state index is 0. The van der Waals surface area contributed by atoms with Crippen molar-refractivity contribution in [3.05, 3.63) is 82.9 Å². The molecule has 0 aromatic heterocycles. The number of carboxylic acids is 2. The topological polar surface area (TPSA) is 115 Å². The van der Waals surface area contributed by atoms with E-state index < -0.39 is 23.4 Å². The fourth-order valence-electron chi connectivity index (χ4n) is 3.68. The second-order valence-corrected chi connectivity index (χ2v) is 6.73. The van der Waals surface area contributed by atoms with E-state index in [1.807, 2.05) is 0 Å². The molecule has 0 unspecified atom stereocenters. The van der Waals surface area contributed by atoms with Crippen molar-refractivity contribution in [1.82, 2.24) is 0 Å². The van der Waals surface area contributed by atoms with Gasteiger partial charge in [0.2, 0.25) is 0 Å². The molecule has 0 atom stereocenters. The molecule has 0 amide bonds. The van der Waals surface area contributed by atoms with E-state index in [9.17, 15) is 30.0 Å². The Morgan fingerprint density at radius 1 is 0.645 bits per heavy atom. The summed E-state index contributed by atoms with van der Waals surface area (Å²) in [5.74, 6) is -3.36. The first-order chi connectivity index (χ1) is 13.9. The molecule has 4 N–H and O–H groups in total. The summed E-state index contributed by atoms with van der Waals surface area (Å²) in [6.07, 6.45) is -0.0407. The predicted molar refractivity (Wildman–Crippen MR) is 108 cm³/mol. The van der Waals surface area contributed by atoms with E-state index in [4.69, 9.17) is 0 Å². The molecule has 0 saturated heterocycles. The third kappa shape index (κ3) is 4.23. The molecule has 0 bridgehead atoms. The second kappa shape index (κ2) is 9.38. The Bertz CT molecular complexity index is 1220. The molecule has 4 aromatic carbocycles. The summed E-state index contributed by atoms with van der Waals surface area (Å²) in [4.78, 5) is 23.2. The first-order valence-electron chi connectivity index (χ1n) is 8.82. The first-order valence-corrected chi connectivity index (χ1v) is 8.82. The quantitative estimate of drug-likeness (QED) is 0.306. The van der Waals surface area contributed by atoms with Gasteiger partial charge in [0.15, 0.2) is 0 Å². The average molecular weight is 506 g/mol. The van der Waals surface area contributed by atoms with Gasteiger partial charge in [-0.05, 0) is 33.7 Å². The summed E-state index contributed by atoms with van der Waals surface area (Å²) >= 11 is 0. The SMILES string of the molecule is O=C(O)c1cc2ccccc2c(Cc2c(O)c(C(=O)O)cc3ccccc23)c1O.[Ni].[Ni]. The predicted octanol–water partition coefficient (Wildman–Crippen LogP) is 4.39. The van der Waals surface area contributed by atoms with Gasteiger partial charge in [-0.3, -0.25) is 0 Å². The number of fused-ring (bicyclic) bond motifs is 2. The number of aromatic carboxylic acids is 2. The van der Waals surface area contributed by atoms with Crippen molar-refractivity contribution in [1.29, 1.82) is 0 Å². The maximum Gasteiger partial charge on any atom is 0.339 e. The van der Waals surface area contributed by atoms with Gasteiger partial charge in [-0.1, -0.05) is 48.5 Å². The monoisotopic (exact) mass is 504 g/mol. The molecule has 0 aliphatic carbocycles. The molecule has 0 fully saturated rings. The van der Waals surface area contributed by atoms with E-state index in [0.717, 1.165) is 0 Å². The van der Waals surface area contributed by atoms with Crippen LogP contribution in [0.1, 0.15) is 31.8 Å². The molecular formula is C23H16Ni2O6. The summed E-state index contributed by atoms with van der Waals surface area (Å²) in [6, 6.07) is 16.8. The number of aromatic hydroxyl groups is 2. The van der Waals surface area contributed by atoms with E-state index in [0.29, 0.717) is 32.7 Å². The molecule has 0 radical (unpaired) electrons. The van der Waals surface area contributed by atoms with Gasteiger partial charge in [0, 0.05) is 50.5 Å². The van der Waals surface area contributed by atoms with Crippen LogP contribution in [-0.4, -0.2) is 32.4 Å². The Labute approximate surface area is 197 Å². The van der Waals surface area contributed by atoms with E-state index in [1.165, 1.54) is 12.1 Å². The Kier molecular flexibility index (Phi) is 7.32. The normalized spacial score (nSPS) is 10.3. The van der Waals surface area contributed by atoms with Gasteiger partial charge in [0.25, 0.3) is 0 Å². The van der Waals surface area contributed by atoms with Crippen LogP contribution in [0.2, 0.25) is 0 Å². The fraction of sp³-hybridized carbons (Fsp3) is 0.0435. The van der Waals surface area contributed by atoms with Gasteiger partial charge >= 0.3 is 11.9 Å². The van der Waals surface area contributed by atoms with E-state index in [-0.39, 0.29) is 50.5 Å². The van der Waals surface area contributed by atoms with Crippen LogP contribution in [0.15, 0.2) is 60.7 Å². The first kappa shape index (κ1) is 24.2. The minimum Gasteiger partial charge on any atom is -0.507 e. The average Bonchev–Trinajstić information content (AvgIpc) is 2.70. The number of carbonyl (C=O) groups is 2. The number of hydrogen-bond donors (Lipinski definition) is 4. The number of phenols is 2. The van der Waals surface area contributed by atoms with E-state index in [2.05, 4.69) is 0 Å². The molecule has 0 spiro atoms. The van der Waals surface area contributed by atoms with E-state index in [1.54, 1.807) is 48.5 Å². The molecule has 164 valence electrons. The number of hydrogen-bond acceptors (Lipinski definition) is 4. The third-order valence-corrected chi connectivity index (χ3v) is 5.07. The molecule has 6 nitrogen and oxygen atoms in total. The van der Waals surface area contributed by atoms with Crippen molar-refractivity contribution in [3.8, 4) is 11.5 Å². The van der Waals surface area contributed by atoms with E-state index >= 15 is 0 Å². The van der Waals surface area contributed by atoms with Crippen LogP contribution in [-0.2, 0) is 39.4 Å². The number of benzene rings is 4. The van der Waals surface area contributed by atoms with Gasteiger partial charge in [-0.25, -0.2) is 9.59 Å². The number of rotatable bonds is 4. The van der Waals surface area contributed by atoms with Gasteiger partial charge in [0.1, 0.15) is 22.6 Å². The number of carboxylic acid groups (broad SMARTS) is 2. The molecule has 31 heavy (non-hydrogen) atoms. The summed E-state index contributed by atoms with van der Waals surface area (Å²) in [5, 5.41) is 42.8.